The van der Waals surface area contributed by atoms with E-state index in [4.69, 9.17) is 4.98 Å². The van der Waals surface area contributed by atoms with Crippen LogP contribution in [0, 0.1) is 0 Å². The number of carbonyl (C=O) groups is 1. The lowest BCUT2D eigenvalue weighted by Crippen LogP contribution is -2.42. The highest BCUT2D eigenvalue weighted by molar-refractivity contribution is 7.98. The van der Waals surface area contributed by atoms with Crippen LogP contribution in [-0.2, 0) is 11.3 Å². The Morgan fingerprint density at radius 2 is 1.90 bits per heavy atom. The number of fused-ring (bicyclic) bond motifs is 1. The van der Waals surface area contributed by atoms with Gasteiger partial charge in [-0.15, -0.1) is 23.1 Å². The second kappa shape index (κ2) is 9.28. The Bertz CT molecular complexity index is 929. The van der Waals surface area contributed by atoms with Crippen molar-refractivity contribution in [3.63, 3.8) is 0 Å². The highest BCUT2D eigenvalue weighted by atomic mass is 32.2. The molecule has 2 heterocycles. The van der Waals surface area contributed by atoms with Crippen LogP contribution in [0.4, 0.5) is 0 Å². The van der Waals surface area contributed by atoms with Crippen molar-refractivity contribution in [1.29, 1.82) is 0 Å². The number of para-hydroxylation sites is 1. The van der Waals surface area contributed by atoms with Crippen molar-refractivity contribution >= 4 is 39.2 Å². The molecule has 0 spiro atoms. The fourth-order valence-corrected chi connectivity index (χ4v) is 5.41. The van der Waals surface area contributed by atoms with E-state index >= 15 is 0 Å². The summed E-state index contributed by atoms with van der Waals surface area (Å²) in [6.45, 7) is 2.92. The maximum absolute atomic E-state index is 12.8. The molecule has 4 rings (SSSR count). The molecule has 1 aliphatic rings. The number of amides is 1. The van der Waals surface area contributed by atoms with Crippen molar-refractivity contribution in [3.8, 4) is 0 Å². The van der Waals surface area contributed by atoms with Crippen molar-refractivity contribution in [2.24, 2.45) is 0 Å². The first-order valence-corrected chi connectivity index (χ1v) is 12.1. The molecular formula is C23H27N3OS2. The molecule has 0 saturated carbocycles. The second-order valence-corrected chi connectivity index (χ2v) is 9.64. The number of rotatable bonds is 6. The van der Waals surface area contributed by atoms with Gasteiger partial charge in [0, 0.05) is 30.4 Å². The number of likely N-dealkylation sites (tertiary alicyclic amines) is 1. The monoisotopic (exact) mass is 425 g/mol. The van der Waals surface area contributed by atoms with Crippen LogP contribution in [-0.4, -0.2) is 53.6 Å². The quantitative estimate of drug-likeness (QED) is 0.529. The first kappa shape index (κ1) is 20.4. The zero-order valence-electron chi connectivity index (χ0n) is 17.0. The maximum atomic E-state index is 12.8. The van der Waals surface area contributed by atoms with E-state index in [0.717, 1.165) is 38.0 Å². The van der Waals surface area contributed by atoms with Gasteiger partial charge in [-0.05, 0) is 56.0 Å². The Kier molecular flexibility index (Phi) is 6.53. The van der Waals surface area contributed by atoms with Crippen LogP contribution in [0.5, 0.6) is 0 Å². The summed E-state index contributed by atoms with van der Waals surface area (Å²) in [5.74, 6) is 0.708. The van der Waals surface area contributed by atoms with E-state index in [1.165, 1.54) is 20.2 Å². The average Bonchev–Trinajstić information content (AvgIpc) is 3.18. The Morgan fingerprint density at radius 3 is 2.59 bits per heavy atom. The topological polar surface area (TPSA) is 36.4 Å². The number of likely N-dealkylation sites (N-methyl/N-ethyl adjacent to an activating group) is 1. The molecule has 0 atom stereocenters. The first-order valence-electron chi connectivity index (χ1n) is 10.1. The standard InChI is InChI=1S/C23H27N3OS2/c1-25(15-17-7-9-19(28-2)10-8-17)16-22(27)26-13-11-18(12-14-26)23-24-20-5-3-4-6-21(20)29-23/h3-10,18H,11-16H2,1-2H3. The summed E-state index contributed by atoms with van der Waals surface area (Å²) in [6.07, 6.45) is 4.09. The Hall–Kier alpha value is -1.89. The highest BCUT2D eigenvalue weighted by Gasteiger charge is 2.26. The Morgan fingerprint density at radius 1 is 1.17 bits per heavy atom. The van der Waals surface area contributed by atoms with Gasteiger partial charge in [-0.3, -0.25) is 9.69 Å². The zero-order valence-corrected chi connectivity index (χ0v) is 18.6. The van der Waals surface area contributed by atoms with Crippen molar-refractivity contribution in [3.05, 3.63) is 59.1 Å². The minimum atomic E-state index is 0.232. The van der Waals surface area contributed by atoms with Gasteiger partial charge in [0.1, 0.15) is 0 Å². The van der Waals surface area contributed by atoms with Crippen LogP contribution >= 0.6 is 23.1 Å². The molecule has 0 radical (unpaired) electrons. The fraction of sp³-hybridized carbons (Fsp3) is 0.391. The number of aromatic nitrogens is 1. The van der Waals surface area contributed by atoms with Crippen molar-refractivity contribution < 1.29 is 4.79 Å². The SMILES string of the molecule is CSc1ccc(CN(C)CC(=O)N2CCC(c3nc4ccccc4s3)CC2)cc1. The fourth-order valence-electron chi connectivity index (χ4n) is 3.87. The van der Waals surface area contributed by atoms with Crippen LogP contribution in [0.3, 0.4) is 0 Å². The number of hydrogen-bond acceptors (Lipinski definition) is 5. The van der Waals surface area contributed by atoms with E-state index in [9.17, 15) is 4.79 Å². The van der Waals surface area contributed by atoms with Crippen LogP contribution < -0.4 is 0 Å². The van der Waals surface area contributed by atoms with Gasteiger partial charge in [0.15, 0.2) is 0 Å². The summed E-state index contributed by atoms with van der Waals surface area (Å²) in [5, 5.41) is 1.23. The van der Waals surface area contributed by atoms with Gasteiger partial charge >= 0.3 is 0 Å². The minimum absolute atomic E-state index is 0.232. The molecule has 152 valence electrons. The van der Waals surface area contributed by atoms with Crippen molar-refractivity contribution in [2.75, 3.05) is 32.9 Å². The average molecular weight is 426 g/mol. The predicted octanol–water partition coefficient (Wildman–Crippen LogP) is 4.86. The number of nitrogens with zero attached hydrogens (tertiary/aromatic N) is 3. The second-order valence-electron chi connectivity index (χ2n) is 7.70. The number of piperidine rings is 1. The summed E-state index contributed by atoms with van der Waals surface area (Å²) >= 11 is 3.55. The summed E-state index contributed by atoms with van der Waals surface area (Å²) in [4.78, 5) is 23.0. The third-order valence-electron chi connectivity index (χ3n) is 5.52. The van der Waals surface area contributed by atoms with Gasteiger partial charge in [-0.25, -0.2) is 4.98 Å². The summed E-state index contributed by atoms with van der Waals surface area (Å²) in [5.41, 5.74) is 2.34. The first-order chi connectivity index (χ1) is 14.1. The van der Waals surface area contributed by atoms with E-state index in [1.54, 1.807) is 23.1 Å². The molecule has 0 unspecified atom stereocenters. The van der Waals surface area contributed by atoms with Crippen LogP contribution in [0.1, 0.15) is 29.3 Å². The number of benzene rings is 2. The minimum Gasteiger partial charge on any atom is -0.342 e. The summed E-state index contributed by atoms with van der Waals surface area (Å²) < 4.78 is 1.26. The lowest BCUT2D eigenvalue weighted by molar-refractivity contribution is -0.133. The molecule has 1 saturated heterocycles. The van der Waals surface area contributed by atoms with Crippen LogP contribution in [0.15, 0.2) is 53.4 Å². The molecule has 0 aliphatic carbocycles. The van der Waals surface area contributed by atoms with E-state index in [-0.39, 0.29) is 5.91 Å². The smallest absolute Gasteiger partial charge is 0.236 e. The van der Waals surface area contributed by atoms with Crippen molar-refractivity contribution in [1.82, 2.24) is 14.8 Å². The molecule has 1 aliphatic heterocycles. The molecule has 6 heteroatoms. The van der Waals surface area contributed by atoms with Crippen LogP contribution in [0.25, 0.3) is 10.2 Å². The predicted molar refractivity (Wildman–Crippen MR) is 123 cm³/mol. The maximum Gasteiger partial charge on any atom is 0.236 e. The zero-order chi connectivity index (χ0) is 20.2. The van der Waals surface area contributed by atoms with Gasteiger partial charge in [0.25, 0.3) is 0 Å². The third kappa shape index (κ3) is 5.00. The number of thiazole rings is 1. The molecule has 0 N–H and O–H groups in total. The largest absolute Gasteiger partial charge is 0.342 e. The molecule has 1 fully saturated rings. The van der Waals surface area contributed by atoms with Gasteiger partial charge in [-0.1, -0.05) is 24.3 Å². The van der Waals surface area contributed by atoms with E-state index in [0.29, 0.717) is 12.5 Å². The number of thioether (sulfide) groups is 1. The molecule has 0 bridgehead atoms. The summed E-state index contributed by atoms with van der Waals surface area (Å²) in [7, 11) is 2.02. The molecule has 1 amide bonds. The van der Waals surface area contributed by atoms with E-state index < -0.39 is 0 Å². The molecular weight excluding hydrogens is 398 g/mol. The third-order valence-corrected chi connectivity index (χ3v) is 7.47. The Labute approximate surface area is 180 Å². The highest BCUT2D eigenvalue weighted by Crippen LogP contribution is 2.33. The lowest BCUT2D eigenvalue weighted by atomic mass is 9.97. The van der Waals surface area contributed by atoms with Crippen LogP contribution in [0.2, 0.25) is 0 Å². The lowest BCUT2D eigenvalue weighted by Gasteiger charge is -2.32. The van der Waals surface area contributed by atoms with Gasteiger partial charge in [0.05, 0.1) is 21.8 Å². The normalized spacial score (nSPS) is 15.3. The molecule has 3 aromatic rings. The molecule has 4 nitrogen and oxygen atoms in total. The molecule has 1 aromatic heterocycles. The summed E-state index contributed by atoms with van der Waals surface area (Å²) in [6, 6.07) is 16.9. The number of hydrogen-bond donors (Lipinski definition) is 0. The number of carbonyl (C=O) groups excluding carboxylic acids is 1. The molecule has 2 aromatic carbocycles. The van der Waals surface area contributed by atoms with E-state index in [1.807, 2.05) is 18.0 Å². The van der Waals surface area contributed by atoms with Crippen molar-refractivity contribution in [2.45, 2.75) is 30.2 Å². The van der Waals surface area contributed by atoms with Gasteiger partial charge in [0.2, 0.25) is 5.91 Å². The molecule has 29 heavy (non-hydrogen) atoms. The Balaban J connectivity index is 1.28. The van der Waals surface area contributed by atoms with Gasteiger partial charge in [-0.2, -0.15) is 0 Å². The van der Waals surface area contributed by atoms with E-state index in [2.05, 4.69) is 53.6 Å². The van der Waals surface area contributed by atoms with Gasteiger partial charge < -0.3 is 4.90 Å².